The van der Waals surface area contributed by atoms with Crippen molar-refractivity contribution in [2.24, 2.45) is 0 Å². The minimum atomic E-state index is -3.29. The molecular weight excluding hydrogens is 292 g/mol. The minimum Gasteiger partial charge on any atom is -0.386 e. The van der Waals surface area contributed by atoms with E-state index in [9.17, 15) is 13.5 Å². The Bertz CT molecular complexity index is 439. The van der Waals surface area contributed by atoms with Gasteiger partial charge in [-0.05, 0) is 12.5 Å². The third-order valence-electron chi connectivity index (χ3n) is 2.41. The van der Waals surface area contributed by atoms with Crippen LogP contribution in [-0.2, 0) is 9.84 Å². The monoisotopic (exact) mass is 306 g/mol. The van der Waals surface area contributed by atoms with Gasteiger partial charge in [-0.25, -0.2) is 8.42 Å². The molecule has 0 saturated carbocycles. The van der Waals surface area contributed by atoms with Gasteiger partial charge in [-0.3, -0.25) is 0 Å². The smallest absolute Gasteiger partial charge is 0.165 e. The van der Waals surface area contributed by atoms with E-state index in [-0.39, 0.29) is 5.75 Å². The molecule has 0 fully saturated rings. The fourth-order valence-corrected chi connectivity index (χ4v) is 3.24. The van der Waals surface area contributed by atoms with Crippen molar-refractivity contribution in [3.63, 3.8) is 0 Å². The normalized spacial score (nSPS) is 15.8. The first-order chi connectivity index (χ1) is 7.38. The Morgan fingerprint density at radius 1 is 1.31 bits per heavy atom. The predicted molar refractivity (Wildman–Crippen MR) is 68.3 cm³/mol. The van der Waals surface area contributed by atoms with Gasteiger partial charge in [0.2, 0.25) is 0 Å². The molecule has 0 aliphatic rings. The van der Waals surface area contributed by atoms with E-state index in [1.165, 1.54) is 0 Å². The van der Waals surface area contributed by atoms with E-state index in [1.807, 2.05) is 19.1 Å². The molecule has 1 aromatic carbocycles. The number of aliphatic hydroxyl groups is 1. The van der Waals surface area contributed by atoms with E-state index in [0.29, 0.717) is 5.56 Å². The highest BCUT2D eigenvalue weighted by atomic mass is 79.9. The summed E-state index contributed by atoms with van der Waals surface area (Å²) in [6, 6.07) is 7.16. The molecule has 0 aliphatic heterocycles. The van der Waals surface area contributed by atoms with Crippen molar-refractivity contribution in [3.8, 4) is 0 Å². The number of benzene rings is 1. The predicted octanol–water partition coefficient (Wildman–Crippen LogP) is 2.18. The fraction of sp³-hybridized carbons (Fsp3) is 0.455. The second-order valence-corrected chi connectivity index (χ2v) is 7.66. The summed E-state index contributed by atoms with van der Waals surface area (Å²) in [6.45, 7) is 3.50. The molecule has 2 atom stereocenters. The number of aryl methyl sites for hydroxylation is 1. The summed E-state index contributed by atoms with van der Waals surface area (Å²) in [5.74, 6) is 0.00579. The van der Waals surface area contributed by atoms with Crippen molar-refractivity contribution < 1.29 is 13.5 Å². The molecule has 1 aromatic rings. The van der Waals surface area contributed by atoms with Crippen molar-refractivity contribution in [3.05, 3.63) is 35.4 Å². The molecule has 90 valence electrons. The lowest BCUT2D eigenvalue weighted by Gasteiger charge is -2.17. The summed E-state index contributed by atoms with van der Waals surface area (Å²) in [5.41, 5.74) is 1.67. The molecule has 1 N–H and O–H groups in total. The summed E-state index contributed by atoms with van der Waals surface area (Å²) >= 11 is 3.04. The highest BCUT2D eigenvalue weighted by molar-refractivity contribution is 9.11. The molecule has 0 spiro atoms. The molecule has 0 amide bonds. The van der Waals surface area contributed by atoms with Crippen molar-refractivity contribution in [1.82, 2.24) is 0 Å². The standard InChI is InChI=1S/C11H15BrO3S/c1-3-16(14,15)11(12)10(13)9-6-4-8(2)5-7-9/h4-7,10-11,13H,3H2,1-2H3/t10-,11-/m0/s1. The minimum absolute atomic E-state index is 0.00579. The molecule has 0 saturated heterocycles. The first-order valence-electron chi connectivity index (χ1n) is 4.98. The third kappa shape index (κ3) is 3.06. The van der Waals surface area contributed by atoms with Crippen LogP contribution in [0.15, 0.2) is 24.3 Å². The van der Waals surface area contributed by atoms with Gasteiger partial charge in [0.1, 0.15) is 10.3 Å². The second kappa shape index (κ2) is 5.29. The van der Waals surface area contributed by atoms with Crippen LogP contribution in [0.3, 0.4) is 0 Å². The molecular formula is C11H15BrO3S. The summed E-state index contributed by atoms with van der Waals surface area (Å²) < 4.78 is 22.2. The summed E-state index contributed by atoms with van der Waals surface area (Å²) in [5, 5.41) is 9.92. The van der Waals surface area contributed by atoms with E-state index in [2.05, 4.69) is 15.9 Å². The first kappa shape index (κ1) is 13.7. The van der Waals surface area contributed by atoms with E-state index in [4.69, 9.17) is 0 Å². The number of aliphatic hydroxyl groups excluding tert-OH is 1. The second-order valence-electron chi connectivity index (χ2n) is 3.66. The zero-order valence-electron chi connectivity index (χ0n) is 9.22. The summed E-state index contributed by atoms with van der Waals surface area (Å²) in [6.07, 6.45) is -1.04. The Morgan fingerprint density at radius 3 is 2.25 bits per heavy atom. The topological polar surface area (TPSA) is 54.4 Å². The van der Waals surface area contributed by atoms with Crippen LogP contribution in [-0.4, -0.2) is 23.4 Å². The number of hydrogen-bond donors (Lipinski definition) is 1. The highest BCUT2D eigenvalue weighted by Crippen LogP contribution is 2.27. The Morgan fingerprint density at radius 2 is 1.81 bits per heavy atom. The number of alkyl halides is 1. The summed E-state index contributed by atoms with van der Waals surface area (Å²) in [7, 11) is -3.29. The van der Waals surface area contributed by atoms with Crippen LogP contribution in [0.25, 0.3) is 0 Å². The van der Waals surface area contributed by atoms with Crippen molar-refractivity contribution in [2.45, 2.75) is 24.1 Å². The van der Waals surface area contributed by atoms with Crippen LogP contribution in [0.5, 0.6) is 0 Å². The van der Waals surface area contributed by atoms with Crippen LogP contribution in [0.1, 0.15) is 24.2 Å². The molecule has 0 bridgehead atoms. The molecule has 0 unspecified atom stereocenters. The Balaban J connectivity index is 2.94. The van der Waals surface area contributed by atoms with Crippen LogP contribution in [0, 0.1) is 6.92 Å². The van der Waals surface area contributed by atoms with E-state index in [1.54, 1.807) is 19.1 Å². The van der Waals surface area contributed by atoms with Gasteiger partial charge in [-0.15, -0.1) is 0 Å². The van der Waals surface area contributed by atoms with Gasteiger partial charge in [0.25, 0.3) is 0 Å². The van der Waals surface area contributed by atoms with Crippen LogP contribution >= 0.6 is 15.9 Å². The van der Waals surface area contributed by atoms with Gasteiger partial charge < -0.3 is 5.11 Å². The van der Waals surface area contributed by atoms with Gasteiger partial charge in [0.05, 0.1) is 0 Å². The van der Waals surface area contributed by atoms with Gasteiger partial charge in [0, 0.05) is 5.75 Å². The number of halogens is 1. The average Bonchev–Trinajstić information content (AvgIpc) is 2.28. The molecule has 0 radical (unpaired) electrons. The van der Waals surface area contributed by atoms with E-state index < -0.39 is 20.1 Å². The maximum atomic E-state index is 11.6. The first-order valence-corrected chi connectivity index (χ1v) is 7.62. The van der Waals surface area contributed by atoms with E-state index >= 15 is 0 Å². The quantitative estimate of drug-likeness (QED) is 0.868. The lowest BCUT2D eigenvalue weighted by atomic mass is 10.1. The zero-order chi connectivity index (χ0) is 12.3. The molecule has 1 rings (SSSR count). The molecule has 0 aromatic heterocycles. The van der Waals surface area contributed by atoms with Crippen molar-refractivity contribution >= 4 is 25.8 Å². The number of rotatable bonds is 4. The molecule has 16 heavy (non-hydrogen) atoms. The lowest BCUT2D eigenvalue weighted by Crippen LogP contribution is -2.24. The molecule has 5 heteroatoms. The van der Waals surface area contributed by atoms with Gasteiger partial charge in [-0.1, -0.05) is 52.7 Å². The molecule has 3 nitrogen and oxygen atoms in total. The third-order valence-corrected chi connectivity index (χ3v) is 6.37. The van der Waals surface area contributed by atoms with Crippen LogP contribution < -0.4 is 0 Å². The van der Waals surface area contributed by atoms with Crippen LogP contribution in [0.2, 0.25) is 0 Å². The molecule has 0 aliphatic carbocycles. The SMILES string of the molecule is CCS(=O)(=O)[C@H](Br)[C@@H](O)c1ccc(C)cc1. The van der Waals surface area contributed by atoms with Gasteiger partial charge in [-0.2, -0.15) is 0 Å². The number of hydrogen-bond acceptors (Lipinski definition) is 3. The fourth-order valence-electron chi connectivity index (χ4n) is 1.27. The number of sulfone groups is 1. The molecule has 0 heterocycles. The zero-order valence-corrected chi connectivity index (χ0v) is 11.6. The maximum absolute atomic E-state index is 11.6. The van der Waals surface area contributed by atoms with Crippen LogP contribution in [0.4, 0.5) is 0 Å². The Labute approximate surface area is 105 Å². The average molecular weight is 307 g/mol. The van der Waals surface area contributed by atoms with Crippen molar-refractivity contribution in [1.29, 1.82) is 0 Å². The Hall–Kier alpha value is -0.390. The summed E-state index contributed by atoms with van der Waals surface area (Å²) in [4.78, 5) is 0. The lowest BCUT2D eigenvalue weighted by molar-refractivity contribution is 0.195. The maximum Gasteiger partial charge on any atom is 0.165 e. The van der Waals surface area contributed by atoms with Gasteiger partial charge >= 0.3 is 0 Å². The van der Waals surface area contributed by atoms with Gasteiger partial charge in [0.15, 0.2) is 9.84 Å². The highest BCUT2D eigenvalue weighted by Gasteiger charge is 2.29. The largest absolute Gasteiger partial charge is 0.386 e. The van der Waals surface area contributed by atoms with E-state index in [0.717, 1.165) is 5.56 Å². The Kier molecular flexibility index (Phi) is 4.52. The van der Waals surface area contributed by atoms with Crippen molar-refractivity contribution in [2.75, 3.05) is 5.75 Å².